The number of aryl methyl sites for hydroxylation is 1. The fraction of sp³-hybridized carbons (Fsp3) is 0.387. The van der Waals surface area contributed by atoms with E-state index < -0.39 is 11.6 Å². The molecule has 1 N–H and O–H groups in total. The van der Waals surface area contributed by atoms with Gasteiger partial charge in [0.25, 0.3) is 0 Å². The third-order valence-corrected chi connectivity index (χ3v) is 8.57. The Balaban J connectivity index is 1.28. The Morgan fingerprint density at radius 3 is 2.56 bits per heavy atom. The van der Waals surface area contributed by atoms with Crippen molar-refractivity contribution in [3.05, 3.63) is 89.4 Å². The zero-order valence-corrected chi connectivity index (χ0v) is 23.4. The van der Waals surface area contributed by atoms with E-state index >= 15 is 0 Å². The van der Waals surface area contributed by atoms with Gasteiger partial charge in [0.15, 0.2) is 11.6 Å². The molecule has 8 nitrogen and oxygen atoms in total. The summed E-state index contributed by atoms with van der Waals surface area (Å²) in [5.74, 6) is -2.09. The first-order valence-corrected chi connectivity index (χ1v) is 14.0. The van der Waals surface area contributed by atoms with E-state index in [0.717, 1.165) is 47.1 Å². The van der Waals surface area contributed by atoms with Crippen molar-refractivity contribution in [3.8, 4) is 16.9 Å². The number of nitrogens with one attached hydrogen (secondary N) is 1. The van der Waals surface area contributed by atoms with Crippen LogP contribution in [0.4, 0.5) is 8.78 Å². The fourth-order valence-corrected chi connectivity index (χ4v) is 6.23. The number of benzene rings is 2. The smallest absolute Gasteiger partial charge is 0.226 e. The Labute approximate surface area is 237 Å². The van der Waals surface area contributed by atoms with Crippen molar-refractivity contribution in [1.29, 1.82) is 0 Å². The number of hydrogen-bond donors (Lipinski definition) is 1. The number of carbonyl (C=O) groups is 1. The van der Waals surface area contributed by atoms with Crippen LogP contribution in [-0.2, 0) is 23.0 Å². The Hall–Kier alpha value is -3.89. The second-order valence-corrected chi connectivity index (χ2v) is 11.1. The fourth-order valence-electron chi connectivity index (χ4n) is 6.23. The van der Waals surface area contributed by atoms with Crippen LogP contribution in [0, 0.1) is 18.6 Å². The number of rotatable bonds is 8. The highest BCUT2D eigenvalue weighted by molar-refractivity contribution is 5.80. The van der Waals surface area contributed by atoms with Crippen molar-refractivity contribution in [2.24, 2.45) is 7.05 Å². The van der Waals surface area contributed by atoms with Gasteiger partial charge in [0, 0.05) is 57.0 Å². The van der Waals surface area contributed by atoms with Crippen molar-refractivity contribution < 1.29 is 18.3 Å². The average molecular weight is 561 g/mol. The minimum Gasteiger partial charge on any atom is -0.380 e. The summed E-state index contributed by atoms with van der Waals surface area (Å²) in [6.45, 7) is 3.21. The maximum absolute atomic E-state index is 14.2. The van der Waals surface area contributed by atoms with Gasteiger partial charge in [-0.3, -0.25) is 14.4 Å². The van der Waals surface area contributed by atoms with Gasteiger partial charge in [-0.2, -0.15) is 10.2 Å². The molecule has 41 heavy (non-hydrogen) atoms. The summed E-state index contributed by atoms with van der Waals surface area (Å²) in [7, 11) is 3.57. The molecule has 4 aromatic rings. The minimum absolute atomic E-state index is 0.110. The number of aromatic nitrogens is 4. The Kier molecular flexibility index (Phi) is 7.44. The number of carbonyl (C=O) groups excluding carboxylic acids is 1. The second kappa shape index (κ2) is 11.2. The van der Waals surface area contributed by atoms with E-state index in [0.29, 0.717) is 18.7 Å². The van der Waals surface area contributed by atoms with Gasteiger partial charge in [0.2, 0.25) is 5.91 Å². The van der Waals surface area contributed by atoms with Gasteiger partial charge in [-0.1, -0.05) is 24.3 Å². The molecule has 2 aromatic carbocycles. The summed E-state index contributed by atoms with van der Waals surface area (Å²) in [5, 5.41) is 12.4. The van der Waals surface area contributed by atoms with Crippen molar-refractivity contribution in [2.75, 3.05) is 20.2 Å². The zero-order valence-electron chi connectivity index (χ0n) is 23.4. The molecule has 4 atom stereocenters. The van der Waals surface area contributed by atoms with Crippen LogP contribution in [0.15, 0.2) is 60.9 Å². The SMILES string of the molecule is COC1CCC1N1C[C@@H](NC(=O)Cc2c(C)c(-c3cnn(C)c3)nn2-c2ccccc2)[C@H](c2ccc(F)c(F)c2)C1. The van der Waals surface area contributed by atoms with E-state index in [1.165, 1.54) is 6.07 Å². The monoisotopic (exact) mass is 560 g/mol. The lowest BCUT2D eigenvalue weighted by molar-refractivity contribution is -0.121. The molecule has 0 radical (unpaired) electrons. The van der Waals surface area contributed by atoms with E-state index in [9.17, 15) is 13.6 Å². The van der Waals surface area contributed by atoms with Crippen molar-refractivity contribution >= 4 is 5.91 Å². The number of amides is 1. The third-order valence-electron chi connectivity index (χ3n) is 8.57. The van der Waals surface area contributed by atoms with Crippen LogP contribution in [0.3, 0.4) is 0 Å². The highest BCUT2D eigenvalue weighted by atomic mass is 19.2. The number of ether oxygens (including phenoxy) is 1. The highest BCUT2D eigenvalue weighted by Crippen LogP contribution is 2.36. The van der Waals surface area contributed by atoms with E-state index in [1.54, 1.807) is 24.1 Å². The second-order valence-electron chi connectivity index (χ2n) is 11.1. The van der Waals surface area contributed by atoms with Crippen LogP contribution >= 0.6 is 0 Å². The Bertz CT molecular complexity index is 1550. The van der Waals surface area contributed by atoms with Crippen LogP contribution in [0.2, 0.25) is 0 Å². The standard InChI is InChI=1S/C31H34F2N6O2/c1-19-28(39(22-7-5-4-6-8-22)36-31(19)21-15-34-37(2)16-21)14-30(40)35-26-18-38(27-11-12-29(27)41-3)17-23(26)20-9-10-24(32)25(33)13-20/h4-10,13,15-16,23,26-27,29H,11-12,14,17-18H2,1-3H3,(H,35,40)/t23-,26+,27?,29?/m0/s1. The van der Waals surface area contributed by atoms with Gasteiger partial charge in [0.1, 0.15) is 0 Å². The molecule has 0 bridgehead atoms. The van der Waals surface area contributed by atoms with Crippen LogP contribution in [0.1, 0.15) is 35.6 Å². The van der Waals surface area contributed by atoms with E-state index in [1.807, 2.05) is 55.2 Å². The quantitative estimate of drug-likeness (QED) is 0.350. The van der Waals surface area contributed by atoms with E-state index in [2.05, 4.69) is 15.3 Å². The lowest BCUT2D eigenvalue weighted by Crippen LogP contribution is -2.51. The number of methoxy groups -OCH3 is 1. The lowest BCUT2D eigenvalue weighted by atomic mass is 9.87. The number of hydrogen-bond acceptors (Lipinski definition) is 5. The molecule has 1 saturated carbocycles. The molecule has 1 amide bonds. The van der Waals surface area contributed by atoms with Crippen molar-refractivity contribution in [1.82, 2.24) is 29.8 Å². The normalized spacial score (nSPS) is 22.6. The third kappa shape index (κ3) is 5.29. The predicted molar refractivity (Wildman–Crippen MR) is 151 cm³/mol. The molecule has 2 unspecified atom stereocenters. The number of nitrogens with zero attached hydrogens (tertiary/aromatic N) is 5. The molecule has 2 aromatic heterocycles. The molecule has 214 valence electrons. The molecule has 1 aliphatic carbocycles. The Morgan fingerprint density at radius 1 is 1.10 bits per heavy atom. The van der Waals surface area contributed by atoms with Gasteiger partial charge < -0.3 is 10.1 Å². The maximum atomic E-state index is 14.2. The lowest BCUT2D eigenvalue weighted by Gasteiger charge is -2.41. The maximum Gasteiger partial charge on any atom is 0.226 e. The van der Waals surface area contributed by atoms with E-state index in [4.69, 9.17) is 9.84 Å². The number of halogens is 2. The molecular weight excluding hydrogens is 526 g/mol. The topological polar surface area (TPSA) is 77.2 Å². The van der Waals surface area contributed by atoms with Crippen LogP contribution in [0.25, 0.3) is 16.9 Å². The molecule has 3 heterocycles. The number of likely N-dealkylation sites (tertiary alicyclic amines) is 1. The molecule has 6 rings (SSSR count). The van der Waals surface area contributed by atoms with Crippen LogP contribution < -0.4 is 5.32 Å². The molecule has 2 aliphatic rings. The van der Waals surface area contributed by atoms with Crippen molar-refractivity contribution in [2.45, 2.75) is 50.3 Å². The first-order chi connectivity index (χ1) is 19.8. The average Bonchev–Trinajstić information content (AvgIpc) is 3.63. The minimum atomic E-state index is -0.880. The van der Waals surface area contributed by atoms with Gasteiger partial charge in [0.05, 0.1) is 35.8 Å². The summed E-state index contributed by atoms with van der Waals surface area (Å²) >= 11 is 0. The largest absolute Gasteiger partial charge is 0.380 e. The summed E-state index contributed by atoms with van der Waals surface area (Å²) in [4.78, 5) is 16.0. The van der Waals surface area contributed by atoms with Crippen LogP contribution in [-0.4, -0.2) is 68.8 Å². The first kappa shape index (κ1) is 27.3. The van der Waals surface area contributed by atoms with Gasteiger partial charge >= 0.3 is 0 Å². The summed E-state index contributed by atoms with van der Waals surface area (Å²) in [6, 6.07) is 13.8. The number of para-hydroxylation sites is 1. The highest BCUT2D eigenvalue weighted by Gasteiger charge is 2.43. The molecule has 1 saturated heterocycles. The van der Waals surface area contributed by atoms with Gasteiger partial charge in [-0.15, -0.1) is 0 Å². The van der Waals surface area contributed by atoms with Crippen LogP contribution in [0.5, 0.6) is 0 Å². The molecule has 1 aliphatic heterocycles. The van der Waals surface area contributed by atoms with Gasteiger partial charge in [-0.05, 0) is 55.2 Å². The van der Waals surface area contributed by atoms with Crippen molar-refractivity contribution in [3.63, 3.8) is 0 Å². The first-order valence-electron chi connectivity index (χ1n) is 14.0. The van der Waals surface area contributed by atoms with Gasteiger partial charge in [-0.25, -0.2) is 13.5 Å². The molecular formula is C31H34F2N6O2. The summed E-state index contributed by atoms with van der Waals surface area (Å²) in [6.07, 6.45) is 5.93. The molecule has 2 fully saturated rings. The Morgan fingerprint density at radius 2 is 1.90 bits per heavy atom. The zero-order chi connectivity index (χ0) is 28.7. The predicted octanol–water partition coefficient (Wildman–Crippen LogP) is 4.16. The summed E-state index contributed by atoms with van der Waals surface area (Å²) in [5.41, 5.74) is 4.86. The molecule has 0 spiro atoms. The van der Waals surface area contributed by atoms with E-state index in [-0.39, 0.29) is 36.4 Å². The summed E-state index contributed by atoms with van der Waals surface area (Å²) < 4.78 is 37.2. The molecule has 10 heteroatoms.